The van der Waals surface area contributed by atoms with Gasteiger partial charge < -0.3 is 9.15 Å². The van der Waals surface area contributed by atoms with Gasteiger partial charge in [-0.25, -0.2) is 9.78 Å². The van der Waals surface area contributed by atoms with E-state index in [1.54, 1.807) is 31.2 Å². The van der Waals surface area contributed by atoms with E-state index in [4.69, 9.17) is 20.8 Å². The fourth-order valence-electron chi connectivity index (χ4n) is 1.43. The molecule has 2 rings (SSSR count). The Kier molecular flexibility index (Phi) is 3.44. The zero-order chi connectivity index (χ0) is 12.3. The van der Waals surface area contributed by atoms with Crippen LogP contribution in [0.3, 0.4) is 0 Å². The molecule has 0 radical (unpaired) electrons. The summed E-state index contributed by atoms with van der Waals surface area (Å²) in [6.45, 7) is 2.03. The third kappa shape index (κ3) is 2.47. The Morgan fingerprint density at radius 3 is 3.06 bits per heavy atom. The maximum atomic E-state index is 11.6. The van der Waals surface area contributed by atoms with E-state index in [0.717, 1.165) is 0 Å². The van der Waals surface area contributed by atoms with Gasteiger partial charge in [0.25, 0.3) is 0 Å². The quantitative estimate of drug-likeness (QED) is 0.787. The van der Waals surface area contributed by atoms with Crippen molar-refractivity contribution in [2.24, 2.45) is 0 Å². The number of halogens is 1. The number of hydrogen-bond donors (Lipinski definition) is 0. The van der Waals surface area contributed by atoms with Gasteiger partial charge in [0, 0.05) is 10.6 Å². The summed E-state index contributed by atoms with van der Waals surface area (Å²) in [6.07, 6.45) is 1.21. The lowest BCUT2D eigenvalue weighted by molar-refractivity contribution is 0.0520. The van der Waals surface area contributed by atoms with Crippen LogP contribution in [0.1, 0.15) is 17.4 Å². The van der Waals surface area contributed by atoms with Crippen molar-refractivity contribution in [2.75, 3.05) is 6.61 Å². The highest BCUT2D eigenvalue weighted by Crippen LogP contribution is 2.25. The monoisotopic (exact) mass is 251 g/mol. The molecule has 0 aliphatic heterocycles. The molecule has 4 nitrogen and oxygen atoms in total. The minimum absolute atomic E-state index is 0.161. The molecular formula is C12H10ClNO3. The first-order chi connectivity index (χ1) is 8.22. The van der Waals surface area contributed by atoms with Gasteiger partial charge in [0.15, 0.2) is 17.8 Å². The SMILES string of the molecule is CCOC(=O)c1ncoc1-c1cccc(Cl)c1. The highest BCUT2D eigenvalue weighted by atomic mass is 35.5. The number of carbonyl (C=O) groups excluding carboxylic acids is 1. The van der Waals surface area contributed by atoms with Crippen LogP contribution in [0, 0.1) is 0 Å². The van der Waals surface area contributed by atoms with Crippen LogP contribution < -0.4 is 0 Å². The molecular weight excluding hydrogens is 242 g/mol. The molecule has 0 aliphatic carbocycles. The fourth-order valence-corrected chi connectivity index (χ4v) is 1.62. The van der Waals surface area contributed by atoms with E-state index >= 15 is 0 Å². The first-order valence-electron chi connectivity index (χ1n) is 5.09. The van der Waals surface area contributed by atoms with E-state index in [0.29, 0.717) is 23.0 Å². The highest BCUT2D eigenvalue weighted by Gasteiger charge is 2.19. The van der Waals surface area contributed by atoms with Crippen molar-refractivity contribution in [1.82, 2.24) is 4.98 Å². The smallest absolute Gasteiger partial charge is 0.360 e. The standard InChI is InChI=1S/C12H10ClNO3/c1-2-16-12(15)10-11(17-7-14-10)8-4-3-5-9(13)6-8/h3-7H,2H2,1H3. The zero-order valence-corrected chi connectivity index (χ0v) is 9.90. The Labute approximate surface area is 103 Å². The number of carbonyl (C=O) groups is 1. The van der Waals surface area contributed by atoms with Crippen molar-refractivity contribution in [3.8, 4) is 11.3 Å². The molecule has 0 aliphatic rings. The summed E-state index contributed by atoms with van der Waals surface area (Å²) in [5.74, 6) is -0.137. The van der Waals surface area contributed by atoms with Crippen LogP contribution in [0.25, 0.3) is 11.3 Å². The van der Waals surface area contributed by atoms with Gasteiger partial charge in [0.2, 0.25) is 0 Å². The van der Waals surface area contributed by atoms with Crippen molar-refractivity contribution in [3.63, 3.8) is 0 Å². The van der Waals surface area contributed by atoms with Gasteiger partial charge in [-0.3, -0.25) is 0 Å². The first-order valence-corrected chi connectivity index (χ1v) is 5.46. The Bertz CT molecular complexity index is 536. The van der Waals surface area contributed by atoms with Gasteiger partial charge in [-0.2, -0.15) is 0 Å². The topological polar surface area (TPSA) is 52.3 Å². The molecule has 88 valence electrons. The number of benzene rings is 1. The Hall–Kier alpha value is -1.81. The summed E-state index contributed by atoms with van der Waals surface area (Å²) in [7, 11) is 0. The average molecular weight is 252 g/mol. The Balaban J connectivity index is 2.40. The van der Waals surface area contributed by atoms with Gasteiger partial charge >= 0.3 is 5.97 Å². The molecule has 0 N–H and O–H groups in total. The minimum Gasteiger partial charge on any atom is -0.461 e. The van der Waals surface area contributed by atoms with Gasteiger partial charge in [0.1, 0.15) is 0 Å². The van der Waals surface area contributed by atoms with Crippen molar-refractivity contribution < 1.29 is 13.9 Å². The summed E-state index contributed by atoms with van der Waals surface area (Å²) in [5, 5.41) is 0.564. The van der Waals surface area contributed by atoms with Gasteiger partial charge in [0.05, 0.1) is 6.61 Å². The van der Waals surface area contributed by atoms with Crippen molar-refractivity contribution in [1.29, 1.82) is 0 Å². The lowest BCUT2D eigenvalue weighted by Gasteiger charge is -2.01. The van der Waals surface area contributed by atoms with Crippen LogP contribution in [0.15, 0.2) is 35.1 Å². The number of rotatable bonds is 3. The van der Waals surface area contributed by atoms with Crippen LogP contribution in [0.5, 0.6) is 0 Å². The van der Waals surface area contributed by atoms with E-state index < -0.39 is 5.97 Å². The number of nitrogens with zero attached hydrogens (tertiary/aromatic N) is 1. The molecule has 0 spiro atoms. The van der Waals surface area contributed by atoms with Crippen LogP contribution in [0.2, 0.25) is 5.02 Å². The molecule has 17 heavy (non-hydrogen) atoms. The second-order valence-corrected chi connectivity index (χ2v) is 3.70. The van der Waals surface area contributed by atoms with Crippen molar-refractivity contribution in [2.45, 2.75) is 6.92 Å². The Morgan fingerprint density at radius 1 is 1.53 bits per heavy atom. The van der Waals surface area contributed by atoms with E-state index in [1.807, 2.05) is 0 Å². The molecule has 5 heteroatoms. The van der Waals surface area contributed by atoms with E-state index in [9.17, 15) is 4.79 Å². The number of hydrogen-bond acceptors (Lipinski definition) is 4. The molecule has 1 aromatic heterocycles. The normalized spacial score (nSPS) is 10.2. The maximum absolute atomic E-state index is 11.6. The van der Waals surface area contributed by atoms with Crippen LogP contribution in [0.4, 0.5) is 0 Å². The highest BCUT2D eigenvalue weighted by molar-refractivity contribution is 6.30. The molecule has 0 saturated heterocycles. The summed E-state index contributed by atoms with van der Waals surface area (Å²) in [5.41, 5.74) is 0.854. The van der Waals surface area contributed by atoms with E-state index in [2.05, 4.69) is 4.98 Å². The summed E-state index contributed by atoms with van der Waals surface area (Å²) < 4.78 is 10.1. The molecule has 0 unspecified atom stereocenters. The zero-order valence-electron chi connectivity index (χ0n) is 9.14. The van der Waals surface area contributed by atoms with Crippen LogP contribution in [-0.4, -0.2) is 17.6 Å². The number of esters is 1. The third-order valence-electron chi connectivity index (χ3n) is 2.12. The van der Waals surface area contributed by atoms with Crippen LogP contribution in [-0.2, 0) is 4.74 Å². The number of oxazole rings is 1. The molecule has 0 bridgehead atoms. The van der Waals surface area contributed by atoms with Crippen molar-refractivity contribution >= 4 is 17.6 Å². The molecule has 1 heterocycles. The molecule has 0 fully saturated rings. The molecule has 2 aromatic rings. The van der Waals surface area contributed by atoms with Crippen molar-refractivity contribution in [3.05, 3.63) is 41.4 Å². The molecule has 0 atom stereocenters. The Morgan fingerprint density at radius 2 is 2.35 bits per heavy atom. The lowest BCUT2D eigenvalue weighted by Crippen LogP contribution is -2.06. The number of aromatic nitrogens is 1. The molecule has 0 saturated carbocycles. The molecule has 0 amide bonds. The van der Waals surface area contributed by atoms with Gasteiger partial charge in [-0.1, -0.05) is 23.7 Å². The van der Waals surface area contributed by atoms with Crippen LogP contribution >= 0.6 is 11.6 Å². The minimum atomic E-state index is -0.503. The largest absolute Gasteiger partial charge is 0.461 e. The lowest BCUT2D eigenvalue weighted by atomic mass is 10.1. The average Bonchev–Trinajstić information content (AvgIpc) is 2.78. The second-order valence-electron chi connectivity index (χ2n) is 3.26. The first kappa shape index (κ1) is 11.7. The summed E-state index contributed by atoms with van der Waals surface area (Å²) in [4.78, 5) is 15.5. The predicted octanol–water partition coefficient (Wildman–Crippen LogP) is 3.17. The summed E-state index contributed by atoms with van der Waals surface area (Å²) >= 11 is 5.88. The number of ether oxygens (including phenoxy) is 1. The fraction of sp³-hybridized carbons (Fsp3) is 0.167. The second kappa shape index (κ2) is 5.01. The maximum Gasteiger partial charge on any atom is 0.360 e. The molecule has 1 aromatic carbocycles. The summed E-state index contributed by atoms with van der Waals surface area (Å²) in [6, 6.07) is 7.00. The van der Waals surface area contributed by atoms with Gasteiger partial charge in [-0.15, -0.1) is 0 Å². The third-order valence-corrected chi connectivity index (χ3v) is 2.36. The van der Waals surface area contributed by atoms with E-state index in [1.165, 1.54) is 6.39 Å². The van der Waals surface area contributed by atoms with Gasteiger partial charge in [-0.05, 0) is 19.1 Å². The predicted molar refractivity (Wildman–Crippen MR) is 62.9 cm³/mol. The van der Waals surface area contributed by atoms with E-state index in [-0.39, 0.29) is 5.69 Å².